The molecule has 1 aromatic rings. The highest BCUT2D eigenvalue weighted by Gasteiger charge is 2.13. The number of hydrogen-bond acceptors (Lipinski definition) is 0. The second kappa shape index (κ2) is 6.61. The highest BCUT2D eigenvalue weighted by Crippen LogP contribution is 2.22. The number of hydrogen-bond donors (Lipinski definition) is 0. The van der Waals surface area contributed by atoms with E-state index in [9.17, 15) is 4.39 Å². The van der Waals surface area contributed by atoms with Gasteiger partial charge < -0.3 is 0 Å². The number of rotatable bonds is 5. The van der Waals surface area contributed by atoms with Gasteiger partial charge in [-0.2, -0.15) is 0 Å². The molecular formula is C13H17BrClF. The summed E-state index contributed by atoms with van der Waals surface area (Å²) < 4.78 is 14.4. The lowest BCUT2D eigenvalue weighted by atomic mass is 9.92. The summed E-state index contributed by atoms with van der Waals surface area (Å²) in [7, 11) is 0. The quantitative estimate of drug-likeness (QED) is 0.669. The second-order valence-corrected chi connectivity index (χ2v) is 5.81. The maximum absolute atomic E-state index is 13.6. The third-order valence-electron chi connectivity index (χ3n) is 2.55. The van der Waals surface area contributed by atoms with Crippen molar-refractivity contribution in [3.63, 3.8) is 0 Å². The third kappa shape index (κ3) is 4.42. The van der Waals surface area contributed by atoms with Crippen molar-refractivity contribution in [2.24, 2.45) is 11.8 Å². The van der Waals surface area contributed by atoms with Crippen LogP contribution in [0.1, 0.15) is 25.8 Å². The van der Waals surface area contributed by atoms with E-state index in [4.69, 9.17) is 11.6 Å². The molecule has 0 aromatic heterocycles. The molecule has 0 N–H and O–H groups in total. The Balaban J connectivity index is 2.70. The molecule has 0 aliphatic carbocycles. The van der Waals surface area contributed by atoms with Crippen molar-refractivity contribution in [3.8, 4) is 0 Å². The lowest BCUT2D eigenvalue weighted by Crippen LogP contribution is -2.10. The van der Waals surface area contributed by atoms with E-state index in [-0.39, 0.29) is 5.82 Å². The first-order chi connectivity index (χ1) is 7.52. The van der Waals surface area contributed by atoms with Gasteiger partial charge in [0.25, 0.3) is 0 Å². The van der Waals surface area contributed by atoms with Crippen LogP contribution >= 0.6 is 27.5 Å². The Morgan fingerprint density at radius 1 is 1.38 bits per heavy atom. The molecule has 0 saturated heterocycles. The van der Waals surface area contributed by atoms with E-state index in [1.54, 1.807) is 0 Å². The van der Waals surface area contributed by atoms with E-state index in [1.165, 1.54) is 6.07 Å². The van der Waals surface area contributed by atoms with Gasteiger partial charge in [-0.05, 0) is 42.4 Å². The van der Waals surface area contributed by atoms with Gasteiger partial charge in [0.05, 0.1) is 0 Å². The van der Waals surface area contributed by atoms with E-state index in [1.807, 2.05) is 12.1 Å². The van der Waals surface area contributed by atoms with Crippen LogP contribution < -0.4 is 0 Å². The molecule has 0 aliphatic heterocycles. The van der Waals surface area contributed by atoms with Gasteiger partial charge in [0.2, 0.25) is 0 Å². The minimum absolute atomic E-state index is 0.145. The minimum atomic E-state index is -0.145. The molecule has 0 spiro atoms. The Bertz CT molecular complexity index is 339. The molecule has 0 radical (unpaired) electrons. The molecule has 1 rings (SSSR count). The predicted octanol–water partition coefficient (Wildman–Crippen LogP) is 5.03. The summed E-state index contributed by atoms with van der Waals surface area (Å²) in [6, 6.07) is 5.22. The molecular weight excluding hydrogens is 290 g/mol. The lowest BCUT2D eigenvalue weighted by Gasteiger charge is -2.16. The van der Waals surface area contributed by atoms with Crippen LogP contribution in [0.5, 0.6) is 0 Å². The highest BCUT2D eigenvalue weighted by atomic mass is 79.9. The van der Waals surface area contributed by atoms with Gasteiger partial charge in [0, 0.05) is 10.4 Å². The van der Waals surface area contributed by atoms with Crippen LogP contribution in [0, 0.1) is 17.7 Å². The fourth-order valence-corrected chi connectivity index (χ4v) is 2.43. The van der Waals surface area contributed by atoms with Crippen molar-refractivity contribution >= 4 is 27.5 Å². The molecule has 0 saturated carbocycles. The molecule has 3 heteroatoms. The smallest absolute Gasteiger partial charge is 0.127 e. The summed E-state index contributed by atoms with van der Waals surface area (Å²) in [6.07, 6.45) is 1.76. The maximum Gasteiger partial charge on any atom is 0.127 e. The van der Waals surface area contributed by atoms with Crippen molar-refractivity contribution < 1.29 is 4.39 Å². The number of alkyl halides is 1. The van der Waals surface area contributed by atoms with Gasteiger partial charge in [0.15, 0.2) is 0 Å². The molecule has 1 aromatic carbocycles. The van der Waals surface area contributed by atoms with Gasteiger partial charge in [-0.1, -0.05) is 35.8 Å². The van der Waals surface area contributed by atoms with Crippen molar-refractivity contribution in [3.05, 3.63) is 34.1 Å². The van der Waals surface area contributed by atoms with Crippen molar-refractivity contribution in [2.75, 3.05) is 5.88 Å². The maximum atomic E-state index is 13.6. The monoisotopic (exact) mass is 306 g/mol. The topological polar surface area (TPSA) is 0 Å². The van der Waals surface area contributed by atoms with E-state index in [0.29, 0.717) is 17.7 Å². The van der Waals surface area contributed by atoms with Crippen LogP contribution in [0.15, 0.2) is 22.7 Å². The first-order valence-corrected chi connectivity index (χ1v) is 6.85. The summed E-state index contributed by atoms with van der Waals surface area (Å²) >= 11 is 9.17. The number of benzene rings is 1. The Morgan fingerprint density at radius 3 is 2.56 bits per heavy atom. The Morgan fingerprint density at radius 2 is 2.06 bits per heavy atom. The average Bonchev–Trinajstić information content (AvgIpc) is 2.20. The Kier molecular flexibility index (Phi) is 5.77. The largest absolute Gasteiger partial charge is 0.207 e. The molecule has 0 heterocycles. The molecule has 16 heavy (non-hydrogen) atoms. The van der Waals surface area contributed by atoms with E-state index >= 15 is 0 Å². The molecule has 1 unspecified atom stereocenters. The Labute approximate surface area is 110 Å². The van der Waals surface area contributed by atoms with Crippen LogP contribution in [0.2, 0.25) is 0 Å². The molecule has 0 aliphatic rings. The fraction of sp³-hybridized carbons (Fsp3) is 0.538. The zero-order chi connectivity index (χ0) is 12.1. The van der Waals surface area contributed by atoms with Crippen LogP contribution in [-0.2, 0) is 6.42 Å². The minimum Gasteiger partial charge on any atom is -0.207 e. The summed E-state index contributed by atoms with van der Waals surface area (Å²) in [5.74, 6) is 1.40. The molecule has 0 amide bonds. The van der Waals surface area contributed by atoms with Crippen LogP contribution in [-0.4, -0.2) is 5.88 Å². The predicted molar refractivity (Wildman–Crippen MR) is 71.5 cm³/mol. The normalized spacial score (nSPS) is 13.1. The zero-order valence-corrected chi connectivity index (χ0v) is 12.0. The van der Waals surface area contributed by atoms with Gasteiger partial charge >= 0.3 is 0 Å². The van der Waals surface area contributed by atoms with Gasteiger partial charge in [-0.3, -0.25) is 0 Å². The van der Waals surface area contributed by atoms with Crippen LogP contribution in [0.4, 0.5) is 4.39 Å². The Hall–Kier alpha value is -0.0800. The third-order valence-corrected chi connectivity index (χ3v) is 3.48. The fourth-order valence-electron chi connectivity index (χ4n) is 1.87. The molecule has 1 atom stereocenters. The first kappa shape index (κ1) is 14.0. The molecule has 0 fully saturated rings. The van der Waals surface area contributed by atoms with Crippen molar-refractivity contribution in [2.45, 2.75) is 26.7 Å². The zero-order valence-electron chi connectivity index (χ0n) is 9.64. The van der Waals surface area contributed by atoms with Crippen molar-refractivity contribution in [1.29, 1.82) is 0 Å². The summed E-state index contributed by atoms with van der Waals surface area (Å²) in [5.41, 5.74) is 0.759. The highest BCUT2D eigenvalue weighted by molar-refractivity contribution is 9.10. The van der Waals surface area contributed by atoms with E-state index < -0.39 is 0 Å². The summed E-state index contributed by atoms with van der Waals surface area (Å²) in [5, 5.41) is 0. The summed E-state index contributed by atoms with van der Waals surface area (Å²) in [4.78, 5) is 0. The lowest BCUT2D eigenvalue weighted by molar-refractivity contribution is 0.434. The molecule has 0 bridgehead atoms. The van der Waals surface area contributed by atoms with Gasteiger partial charge in [0.1, 0.15) is 5.82 Å². The average molecular weight is 308 g/mol. The van der Waals surface area contributed by atoms with Gasteiger partial charge in [-0.25, -0.2) is 4.39 Å². The molecule has 90 valence electrons. The first-order valence-electron chi connectivity index (χ1n) is 5.52. The van der Waals surface area contributed by atoms with E-state index in [2.05, 4.69) is 29.8 Å². The second-order valence-electron chi connectivity index (χ2n) is 4.59. The van der Waals surface area contributed by atoms with Gasteiger partial charge in [-0.15, -0.1) is 11.6 Å². The number of halogens is 3. The van der Waals surface area contributed by atoms with E-state index in [0.717, 1.165) is 22.9 Å². The van der Waals surface area contributed by atoms with Crippen LogP contribution in [0.25, 0.3) is 0 Å². The summed E-state index contributed by atoms with van der Waals surface area (Å²) in [6.45, 7) is 4.33. The van der Waals surface area contributed by atoms with Crippen molar-refractivity contribution in [1.82, 2.24) is 0 Å². The SMILES string of the molecule is CC(C)CC(CCl)Cc1ccc(Br)cc1F. The molecule has 0 nitrogen and oxygen atoms in total. The van der Waals surface area contributed by atoms with Crippen LogP contribution in [0.3, 0.4) is 0 Å². The standard InChI is InChI=1S/C13H17BrClF/c1-9(2)5-10(8-15)6-11-3-4-12(14)7-13(11)16/h3-4,7,9-10H,5-6,8H2,1-2H3.